The lowest BCUT2D eigenvalue weighted by Crippen LogP contribution is -2.15. The van der Waals surface area contributed by atoms with Gasteiger partial charge >= 0.3 is 0 Å². The van der Waals surface area contributed by atoms with Gasteiger partial charge < -0.3 is 10.5 Å². The fourth-order valence-corrected chi connectivity index (χ4v) is 2.37. The van der Waals surface area contributed by atoms with Crippen molar-refractivity contribution < 1.29 is 9.13 Å². The molecule has 0 radical (unpaired) electrons. The normalized spacial score (nSPS) is 12.2. The van der Waals surface area contributed by atoms with Crippen molar-refractivity contribution in [1.82, 2.24) is 0 Å². The van der Waals surface area contributed by atoms with Crippen molar-refractivity contribution in [1.29, 1.82) is 0 Å². The summed E-state index contributed by atoms with van der Waals surface area (Å²) < 4.78 is 18.6. The third kappa shape index (κ3) is 3.30. The van der Waals surface area contributed by atoms with E-state index in [1.165, 1.54) is 12.1 Å². The summed E-state index contributed by atoms with van der Waals surface area (Å²) in [5, 5.41) is 0.521. The van der Waals surface area contributed by atoms with Crippen molar-refractivity contribution in [2.75, 3.05) is 7.11 Å². The second-order valence-corrected chi connectivity index (χ2v) is 5.20. The third-order valence-electron chi connectivity index (χ3n) is 3.24. The van der Waals surface area contributed by atoms with Crippen molar-refractivity contribution in [3.05, 3.63) is 63.9 Å². The van der Waals surface area contributed by atoms with Gasteiger partial charge in [0.2, 0.25) is 0 Å². The van der Waals surface area contributed by atoms with Gasteiger partial charge in [-0.05, 0) is 48.7 Å². The molecule has 0 aromatic heterocycles. The largest absolute Gasteiger partial charge is 0.496 e. The quantitative estimate of drug-likeness (QED) is 0.923. The topological polar surface area (TPSA) is 35.2 Å². The van der Waals surface area contributed by atoms with E-state index < -0.39 is 0 Å². The van der Waals surface area contributed by atoms with Crippen molar-refractivity contribution in [2.45, 2.75) is 19.4 Å². The van der Waals surface area contributed by atoms with Crippen molar-refractivity contribution in [2.24, 2.45) is 5.73 Å². The second-order valence-electron chi connectivity index (χ2n) is 4.79. The van der Waals surface area contributed by atoms with Gasteiger partial charge in [-0.2, -0.15) is 0 Å². The minimum Gasteiger partial charge on any atom is -0.496 e. The Kier molecular flexibility index (Phi) is 4.63. The molecule has 2 nitrogen and oxygen atoms in total. The molecule has 2 rings (SSSR count). The summed E-state index contributed by atoms with van der Waals surface area (Å²) in [5.74, 6) is 0.428. The lowest BCUT2D eigenvalue weighted by molar-refractivity contribution is 0.405. The maximum Gasteiger partial charge on any atom is 0.123 e. The van der Waals surface area contributed by atoms with E-state index in [0.29, 0.717) is 17.0 Å². The highest BCUT2D eigenvalue weighted by atomic mass is 35.5. The summed E-state index contributed by atoms with van der Waals surface area (Å²) in [5.41, 5.74) is 8.89. The molecule has 0 spiro atoms. The van der Waals surface area contributed by atoms with Crippen molar-refractivity contribution in [3.8, 4) is 5.75 Å². The first-order chi connectivity index (χ1) is 9.51. The average molecular weight is 294 g/mol. The standard InChI is InChI=1S/C16H17ClFNO/c1-10-3-5-13(16(7-10)20-2)15(19)9-11-8-12(18)4-6-14(11)17/h3-8,15H,9,19H2,1-2H3. The molecule has 0 saturated heterocycles. The molecule has 0 amide bonds. The number of hydrogen-bond acceptors (Lipinski definition) is 2. The van der Waals surface area contributed by atoms with E-state index in [-0.39, 0.29) is 11.9 Å². The van der Waals surface area contributed by atoms with E-state index >= 15 is 0 Å². The summed E-state index contributed by atoms with van der Waals surface area (Å²) in [4.78, 5) is 0. The van der Waals surface area contributed by atoms with Crippen LogP contribution in [0.3, 0.4) is 0 Å². The Hall–Kier alpha value is -1.58. The molecule has 0 heterocycles. The highest BCUT2D eigenvalue weighted by Crippen LogP contribution is 2.29. The number of benzene rings is 2. The molecule has 106 valence electrons. The highest BCUT2D eigenvalue weighted by molar-refractivity contribution is 6.31. The van der Waals surface area contributed by atoms with E-state index in [1.54, 1.807) is 13.2 Å². The molecule has 0 saturated carbocycles. The maximum atomic E-state index is 13.3. The lowest BCUT2D eigenvalue weighted by atomic mass is 9.97. The van der Waals surface area contributed by atoms with E-state index in [0.717, 1.165) is 16.9 Å². The van der Waals surface area contributed by atoms with E-state index in [2.05, 4.69) is 0 Å². The van der Waals surface area contributed by atoms with Gasteiger partial charge in [0, 0.05) is 16.6 Å². The van der Waals surface area contributed by atoms with Gasteiger partial charge in [0.05, 0.1) is 7.11 Å². The van der Waals surface area contributed by atoms with Gasteiger partial charge in [-0.15, -0.1) is 0 Å². The van der Waals surface area contributed by atoms with Gasteiger partial charge in [-0.1, -0.05) is 23.7 Å². The van der Waals surface area contributed by atoms with Crippen LogP contribution < -0.4 is 10.5 Å². The minimum atomic E-state index is -0.313. The summed E-state index contributed by atoms with van der Waals surface area (Å²) >= 11 is 6.07. The first-order valence-electron chi connectivity index (χ1n) is 6.35. The Morgan fingerprint density at radius 3 is 2.70 bits per heavy atom. The molecule has 0 bridgehead atoms. The highest BCUT2D eigenvalue weighted by Gasteiger charge is 2.14. The van der Waals surface area contributed by atoms with Crippen LogP contribution in [-0.2, 0) is 6.42 Å². The first kappa shape index (κ1) is 14.8. The number of nitrogens with two attached hydrogens (primary N) is 1. The van der Waals surface area contributed by atoms with Crippen LogP contribution in [0.25, 0.3) is 0 Å². The van der Waals surface area contributed by atoms with Crippen LogP contribution in [0.15, 0.2) is 36.4 Å². The number of halogens is 2. The number of methoxy groups -OCH3 is 1. The predicted molar refractivity (Wildman–Crippen MR) is 79.8 cm³/mol. The molecule has 0 aliphatic heterocycles. The molecule has 2 aromatic rings. The van der Waals surface area contributed by atoms with Crippen molar-refractivity contribution in [3.63, 3.8) is 0 Å². The van der Waals surface area contributed by atoms with Crippen LogP contribution in [0.2, 0.25) is 5.02 Å². The van der Waals surface area contributed by atoms with Gasteiger partial charge in [-0.25, -0.2) is 4.39 Å². The summed E-state index contributed by atoms with van der Waals surface area (Å²) in [6.45, 7) is 1.99. The van der Waals surface area contributed by atoms with E-state index in [4.69, 9.17) is 22.1 Å². The molecule has 0 aliphatic carbocycles. The van der Waals surface area contributed by atoms with Crippen LogP contribution in [-0.4, -0.2) is 7.11 Å². The molecule has 0 fully saturated rings. The summed E-state index contributed by atoms with van der Waals surface area (Å²) in [7, 11) is 1.61. The SMILES string of the molecule is COc1cc(C)ccc1C(N)Cc1cc(F)ccc1Cl. The fraction of sp³-hybridized carbons (Fsp3) is 0.250. The summed E-state index contributed by atoms with van der Waals surface area (Å²) in [6, 6.07) is 9.85. The second kappa shape index (κ2) is 6.25. The molecule has 2 N–H and O–H groups in total. The predicted octanol–water partition coefficient (Wildman–Crippen LogP) is 4.04. The Labute approximate surface area is 123 Å². The first-order valence-corrected chi connectivity index (χ1v) is 6.73. The Balaban J connectivity index is 2.28. The van der Waals surface area contributed by atoms with E-state index in [9.17, 15) is 4.39 Å². The van der Waals surface area contributed by atoms with Crippen LogP contribution in [0.1, 0.15) is 22.7 Å². The molecular weight excluding hydrogens is 277 g/mol. The zero-order valence-electron chi connectivity index (χ0n) is 11.5. The van der Waals surface area contributed by atoms with Gasteiger partial charge in [-0.3, -0.25) is 0 Å². The zero-order valence-corrected chi connectivity index (χ0v) is 12.2. The van der Waals surface area contributed by atoms with Gasteiger partial charge in [0.1, 0.15) is 11.6 Å². The molecule has 0 aliphatic rings. The number of aryl methyl sites for hydroxylation is 1. The monoisotopic (exact) mass is 293 g/mol. The van der Waals surface area contributed by atoms with E-state index in [1.807, 2.05) is 25.1 Å². The Morgan fingerprint density at radius 2 is 2.00 bits per heavy atom. The minimum absolute atomic E-state index is 0.301. The zero-order chi connectivity index (χ0) is 14.7. The number of hydrogen-bond donors (Lipinski definition) is 1. The molecule has 1 atom stereocenters. The molecule has 20 heavy (non-hydrogen) atoms. The van der Waals surface area contributed by atoms with Crippen molar-refractivity contribution >= 4 is 11.6 Å². The average Bonchev–Trinajstić information content (AvgIpc) is 2.42. The Morgan fingerprint density at radius 1 is 1.25 bits per heavy atom. The molecule has 2 aromatic carbocycles. The molecular formula is C16H17ClFNO. The van der Waals surface area contributed by atoms with Gasteiger partial charge in [0.25, 0.3) is 0 Å². The van der Waals surface area contributed by atoms with Crippen LogP contribution in [0, 0.1) is 12.7 Å². The number of ether oxygens (including phenoxy) is 1. The molecule has 1 unspecified atom stereocenters. The third-order valence-corrected chi connectivity index (χ3v) is 3.60. The summed E-state index contributed by atoms with van der Waals surface area (Å²) in [6.07, 6.45) is 0.454. The smallest absolute Gasteiger partial charge is 0.123 e. The van der Waals surface area contributed by atoms with Crippen LogP contribution >= 0.6 is 11.6 Å². The Bertz CT molecular complexity index is 615. The fourth-order valence-electron chi connectivity index (χ4n) is 2.17. The van der Waals surface area contributed by atoms with Gasteiger partial charge in [0.15, 0.2) is 0 Å². The van der Waals surface area contributed by atoms with Crippen LogP contribution in [0.4, 0.5) is 4.39 Å². The lowest BCUT2D eigenvalue weighted by Gasteiger charge is -2.17. The molecule has 4 heteroatoms. The number of rotatable bonds is 4. The maximum absolute atomic E-state index is 13.3. The van der Waals surface area contributed by atoms with Crippen LogP contribution in [0.5, 0.6) is 5.75 Å².